The van der Waals surface area contributed by atoms with Crippen LogP contribution in [0.1, 0.15) is 30.4 Å². The number of amides is 1. The molecule has 0 aliphatic carbocycles. The number of carbonyl (C=O) groups is 1. The molecule has 1 aliphatic heterocycles. The van der Waals surface area contributed by atoms with Gasteiger partial charge in [0.05, 0.1) is 0 Å². The lowest BCUT2D eigenvalue weighted by molar-refractivity contribution is -0.122. The number of carbonyl (C=O) groups excluding carboxylic acids is 1. The van der Waals surface area contributed by atoms with Crippen molar-refractivity contribution in [2.75, 3.05) is 13.1 Å². The molecule has 146 valence electrons. The quantitative estimate of drug-likeness (QED) is 0.680. The second kappa shape index (κ2) is 8.57. The molecule has 0 radical (unpaired) electrons. The van der Waals surface area contributed by atoms with Gasteiger partial charge in [0.15, 0.2) is 0 Å². The summed E-state index contributed by atoms with van der Waals surface area (Å²) in [5, 5.41) is 4.39. The lowest BCUT2D eigenvalue weighted by atomic mass is 10.0. The minimum absolute atomic E-state index is 0.127. The summed E-state index contributed by atoms with van der Waals surface area (Å²) >= 11 is 0. The van der Waals surface area contributed by atoms with Gasteiger partial charge in [0.2, 0.25) is 5.91 Å². The Morgan fingerprint density at radius 2 is 1.86 bits per heavy atom. The Hall–Kier alpha value is -2.66. The van der Waals surface area contributed by atoms with Crippen LogP contribution >= 0.6 is 0 Å². The molecule has 2 aromatic carbocycles. The summed E-state index contributed by atoms with van der Waals surface area (Å²) in [6.45, 7) is 2.73. The molecule has 2 N–H and O–H groups in total. The first kappa shape index (κ1) is 18.7. The number of aromatic amines is 1. The number of H-pyrrole nitrogens is 1. The van der Waals surface area contributed by atoms with Gasteiger partial charge in [-0.3, -0.25) is 9.69 Å². The smallest absolute Gasteiger partial charge is 0.220 e. The molecule has 4 nitrogen and oxygen atoms in total. The summed E-state index contributed by atoms with van der Waals surface area (Å²) in [6.07, 6.45) is 5.18. The van der Waals surface area contributed by atoms with E-state index in [2.05, 4.69) is 27.3 Å². The number of fused-ring (bicyclic) bond motifs is 1. The van der Waals surface area contributed by atoms with Gasteiger partial charge in [-0.05, 0) is 48.6 Å². The summed E-state index contributed by atoms with van der Waals surface area (Å²) in [4.78, 5) is 18.0. The highest BCUT2D eigenvalue weighted by Crippen LogP contribution is 2.19. The molecule has 0 bridgehead atoms. The fourth-order valence-electron chi connectivity index (χ4n) is 3.97. The molecular formula is C23H26FN3O. The first-order valence-electron chi connectivity index (χ1n) is 9.98. The number of para-hydroxylation sites is 1. The highest BCUT2D eigenvalue weighted by Gasteiger charge is 2.20. The Bertz CT molecular complexity index is 926. The van der Waals surface area contributed by atoms with Gasteiger partial charge in [-0.25, -0.2) is 4.39 Å². The summed E-state index contributed by atoms with van der Waals surface area (Å²) in [5.74, 6) is -0.0694. The molecule has 0 unspecified atom stereocenters. The molecule has 5 heteroatoms. The van der Waals surface area contributed by atoms with E-state index in [1.807, 2.05) is 30.5 Å². The molecule has 1 saturated heterocycles. The summed E-state index contributed by atoms with van der Waals surface area (Å²) in [6, 6.07) is 15.1. The molecule has 1 fully saturated rings. The second-order valence-electron chi connectivity index (χ2n) is 7.60. The fraction of sp³-hybridized carbons (Fsp3) is 0.348. The van der Waals surface area contributed by atoms with Gasteiger partial charge < -0.3 is 10.3 Å². The molecule has 0 atom stereocenters. The molecular weight excluding hydrogens is 353 g/mol. The average Bonchev–Trinajstić information content (AvgIpc) is 3.13. The van der Waals surface area contributed by atoms with Crippen molar-refractivity contribution in [1.82, 2.24) is 15.2 Å². The molecule has 0 saturated carbocycles. The highest BCUT2D eigenvalue weighted by molar-refractivity contribution is 5.84. The molecule has 1 aliphatic rings. The molecule has 3 aromatic rings. The lowest BCUT2D eigenvalue weighted by Gasteiger charge is -2.32. The van der Waals surface area contributed by atoms with Crippen LogP contribution in [-0.4, -0.2) is 34.9 Å². The van der Waals surface area contributed by atoms with E-state index >= 15 is 0 Å². The molecule has 1 amide bonds. The Labute approximate surface area is 164 Å². The second-order valence-corrected chi connectivity index (χ2v) is 7.60. The number of aryl methyl sites for hydroxylation is 1. The number of likely N-dealkylation sites (tertiary alicyclic amines) is 1. The monoisotopic (exact) mass is 379 g/mol. The number of rotatable bonds is 6. The first-order chi connectivity index (χ1) is 13.7. The Kier molecular flexibility index (Phi) is 5.72. The van der Waals surface area contributed by atoms with E-state index < -0.39 is 0 Å². The number of piperidine rings is 1. The first-order valence-corrected chi connectivity index (χ1v) is 9.98. The number of nitrogens with zero attached hydrogens (tertiary/aromatic N) is 1. The van der Waals surface area contributed by atoms with E-state index in [0.29, 0.717) is 6.42 Å². The van der Waals surface area contributed by atoms with Crippen molar-refractivity contribution in [3.8, 4) is 0 Å². The predicted molar refractivity (Wildman–Crippen MR) is 109 cm³/mol. The SMILES string of the molecule is O=C(CCc1c[nH]c2ccccc12)NC1CCN(Cc2ccc(F)cc2)CC1. The minimum Gasteiger partial charge on any atom is -0.361 e. The zero-order chi connectivity index (χ0) is 19.3. The standard InChI is InChI=1S/C23H26FN3O/c24-19-8-5-17(6-9-19)16-27-13-11-20(12-14-27)26-23(28)10-7-18-15-25-22-4-2-1-3-21(18)22/h1-6,8-9,15,20,25H,7,10-14,16H2,(H,26,28). The number of hydrogen-bond donors (Lipinski definition) is 2. The van der Waals surface area contributed by atoms with Crippen molar-refractivity contribution in [3.63, 3.8) is 0 Å². The van der Waals surface area contributed by atoms with Crippen LogP contribution in [-0.2, 0) is 17.8 Å². The number of halogens is 1. The van der Waals surface area contributed by atoms with Gasteiger partial charge in [-0.1, -0.05) is 30.3 Å². The van der Waals surface area contributed by atoms with Crippen LogP contribution in [0.25, 0.3) is 10.9 Å². The third-order valence-electron chi connectivity index (χ3n) is 5.57. The van der Waals surface area contributed by atoms with E-state index in [1.165, 1.54) is 23.1 Å². The number of nitrogens with one attached hydrogen (secondary N) is 2. The number of benzene rings is 2. The topological polar surface area (TPSA) is 48.1 Å². The van der Waals surface area contributed by atoms with Crippen LogP contribution in [0.2, 0.25) is 0 Å². The summed E-state index contributed by atoms with van der Waals surface area (Å²) in [7, 11) is 0. The maximum Gasteiger partial charge on any atom is 0.220 e. The number of aromatic nitrogens is 1. The van der Waals surface area contributed by atoms with Crippen molar-refractivity contribution in [2.24, 2.45) is 0 Å². The highest BCUT2D eigenvalue weighted by atomic mass is 19.1. The zero-order valence-corrected chi connectivity index (χ0v) is 16.0. The van der Waals surface area contributed by atoms with E-state index in [1.54, 1.807) is 0 Å². The van der Waals surface area contributed by atoms with Crippen molar-refractivity contribution in [2.45, 2.75) is 38.3 Å². The van der Waals surface area contributed by atoms with E-state index in [0.717, 1.165) is 50.0 Å². The van der Waals surface area contributed by atoms with Crippen molar-refractivity contribution < 1.29 is 9.18 Å². The largest absolute Gasteiger partial charge is 0.361 e. The molecule has 28 heavy (non-hydrogen) atoms. The van der Waals surface area contributed by atoms with E-state index in [9.17, 15) is 9.18 Å². The van der Waals surface area contributed by atoms with Gasteiger partial charge in [0.25, 0.3) is 0 Å². The maximum absolute atomic E-state index is 13.0. The van der Waals surface area contributed by atoms with Crippen LogP contribution in [0.5, 0.6) is 0 Å². The third kappa shape index (κ3) is 4.60. The molecule has 0 spiro atoms. The van der Waals surface area contributed by atoms with E-state index in [-0.39, 0.29) is 17.8 Å². The van der Waals surface area contributed by atoms with Gasteiger partial charge in [0.1, 0.15) is 5.82 Å². The Balaban J connectivity index is 1.21. The van der Waals surface area contributed by atoms with Gasteiger partial charge in [-0.2, -0.15) is 0 Å². The molecule has 4 rings (SSSR count). The van der Waals surface area contributed by atoms with E-state index in [4.69, 9.17) is 0 Å². The normalized spacial score (nSPS) is 15.8. The Morgan fingerprint density at radius 1 is 1.11 bits per heavy atom. The third-order valence-corrected chi connectivity index (χ3v) is 5.57. The number of hydrogen-bond acceptors (Lipinski definition) is 2. The van der Waals surface area contributed by atoms with Gasteiger partial charge in [0, 0.05) is 49.2 Å². The Morgan fingerprint density at radius 3 is 2.64 bits per heavy atom. The van der Waals surface area contributed by atoms with Crippen molar-refractivity contribution in [1.29, 1.82) is 0 Å². The van der Waals surface area contributed by atoms with Crippen LogP contribution in [0.4, 0.5) is 4.39 Å². The van der Waals surface area contributed by atoms with Crippen LogP contribution in [0, 0.1) is 5.82 Å². The van der Waals surface area contributed by atoms with Crippen molar-refractivity contribution in [3.05, 3.63) is 71.7 Å². The zero-order valence-electron chi connectivity index (χ0n) is 16.0. The predicted octanol–water partition coefficient (Wildman–Crippen LogP) is 4.02. The maximum atomic E-state index is 13.0. The summed E-state index contributed by atoms with van der Waals surface area (Å²) < 4.78 is 13.0. The van der Waals surface area contributed by atoms with Crippen molar-refractivity contribution >= 4 is 16.8 Å². The van der Waals surface area contributed by atoms with Gasteiger partial charge >= 0.3 is 0 Å². The lowest BCUT2D eigenvalue weighted by Crippen LogP contribution is -2.44. The van der Waals surface area contributed by atoms with Crippen LogP contribution in [0.3, 0.4) is 0 Å². The summed E-state index contributed by atoms with van der Waals surface area (Å²) in [5.41, 5.74) is 3.44. The molecule has 1 aromatic heterocycles. The van der Waals surface area contributed by atoms with Crippen LogP contribution in [0.15, 0.2) is 54.7 Å². The van der Waals surface area contributed by atoms with Gasteiger partial charge in [-0.15, -0.1) is 0 Å². The fourth-order valence-corrected chi connectivity index (χ4v) is 3.97. The average molecular weight is 379 g/mol. The van der Waals surface area contributed by atoms with Crippen LogP contribution < -0.4 is 5.32 Å². The molecule has 2 heterocycles. The minimum atomic E-state index is -0.196.